The van der Waals surface area contributed by atoms with E-state index < -0.39 is 11.8 Å². The number of halogens is 2. The second kappa shape index (κ2) is 12.1. The summed E-state index contributed by atoms with van der Waals surface area (Å²) in [6.45, 7) is 4.25. The zero-order valence-corrected chi connectivity index (χ0v) is 20.2. The number of amides is 2. The summed E-state index contributed by atoms with van der Waals surface area (Å²) in [5, 5.41) is 27.2. The van der Waals surface area contributed by atoms with E-state index in [2.05, 4.69) is 52.9 Å². The van der Waals surface area contributed by atoms with Crippen LogP contribution in [0.5, 0.6) is 23.0 Å². The number of nitrogens with zero attached hydrogens (tertiary/aromatic N) is 2. The molecule has 10 nitrogen and oxygen atoms in total. The zero-order valence-electron chi connectivity index (χ0n) is 17.1. The van der Waals surface area contributed by atoms with E-state index in [1.165, 1.54) is 24.6 Å². The van der Waals surface area contributed by atoms with Crippen LogP contribution in [0.25, 0.3) is 0 Å². The van der Waals surface area contributed by atoms with E-state index in [1.54, 1.807) is 26.0 Å². The summed E-state index contributed by atoms with van der Waals surface area (Å²) in [6, 6.07) is 6.17. The molecule has 4 N–H and O–H groups in total. The summed E-state index contributed by atoms with van der Waals surface area (Å²) in [5.41, 5.74) is 5.17. The van der Waals surface area contributed by atoms with Gasteiger partial charge in [-0.05, 0) is 81.1 Å². The molecule has 0 aliphatic rings. The Hall–Kier alpha value is -3.12. The quantitative estimate of drug-likeness (QED) is 0.218. The van der Waals surface area contributed by atoms with Gasteiger partial charge in [-0.15, -0.1) is 0 Å². The summed E-state index contributed by atoms with van der Waals surface area (Å²) in [5.74, 6) is -1.70. The predicted molar refractivity (Wildman–Crippen MR) is 125 cm³/mol. The van der Waals surface area contributed by atoms with Crippen molar-refractivity contribution in [1.82, 2.24) is 10.9 Å². The highest BCUT2D eigenvalue weighted by molar-refractivity contribution is 9.10. The Kier molecular flexibility index (Phi) is 9.47. The summed E-state index contributed by atoms with van der Waals surface area (Å²) in [4.78, 5) is 23.7. The SMILES string of the molecule is CCOc1cc(C=NNC(=O)C(=O)NN=Cc2cc(Br)c(O)c(OCC)c2)cc(Br)c1O. The summed E-state index contributed by atoms with van der Waals surface area (Å²) >= 11 is 6.39. The van der Waals surface area contributed by atoms with Crippen molar-refractivity contribution in [3.05, 3.63) is 44.3 Å². The zero-order chi connectivity index (χ0) is 23.7. The fourth-order valence-corrected chi connectivity index (χ4v) is 3.22. The molecule has 2 aromatic rings. The number of phenolic OH excluding ortho intramolecular Hbond substituents is 2. The lowest BCUT2D eigenvalue weighted by molar-refractivity contribution is -0.139. The van der Waals surface area contributed by atoms with E-state index in [9.17, 15) is 19.8 Å². The molecule has 0 heterocycles. The van der Waals surface area contributed by atoms with Crippen LogP contribution in [0.2, 0.25) is 0 Å². The Bertz CT molecular complexity index is 975. The molecule has 0 atom stereocenters. The molecule has 0 radical (unpaired) electrons. The van der Waals surface area contributed by atoms with Crippen LogP contribution in [0.4, 0.5) is 0 Å². The Morgan fingerprint density at radius 3 is 1.56 bits per heavy atom. The molecule has 0 spiro atoms. The molecular formula is C20H20Br2N4O6. The van der Waals surface area contributed by atoms with Crippen LogP contribution >= 0.6 is 31.9 Å². The van der Waals surface area contributed by atoms with Gasteiger partial charge in [0.05, 0.1) is 34.6 Å². The van der Waals surface area contributed by atoms with E-state index in [0.717, 1.165) is 0 Å². The Morgan fingerprint density at radius 2 is 1.22 bits per heavy atom. The van der Waals surface area contributed by atoms with Crippen molar-refractivity contribution in [2.45, 2.75) is 13.8 Å². The molecule has 0 aliphatic carbocycles. The van der Waals surface area contributed by atoms with E-state index in [1.807, 2.05) is 0 Å². The summed E-state index contributed by atoms with van der Waals surface area (Å²) in [6.07, 6.45) is 2.56. The third-order valence-electron chi connectivity index (χ3n) is 3.67. The molecule has 0 unspecified atom stereocenters. The molecule has 0 bridgehead atoms. The van der Waals surface area contributed by atoms with Crippen LogP contribution in [-0.2, 0) is 9.59 Å². The van der Waals surface area contributed by atoms with Gasteiger partial charge in [0.25, 0.3) is 0 Å². The minimum Gasteiger partial charge on any atom is -0.503 e. The highest BCUT2D eigenvalue weighted by Gasteiger charge is 2.13. The Morgan fingerprint density at radius 1 is 0.844 bits per heavy atom. The van der Waals surface area contributed by atoms with Crippen molar-refractivity contribution < 1.29 is 29.3 Å². The molecule has 2 aromatic carbocycles. The molecule has 2 rings (SSSR count). The number of phenols is 2. The molecule has 0 fully saturated rings. The summed E-state index contributed by atoms with van der Waals surface area (Å²) < 4.78 is 11.4. The standard InChI is InChI=1S/C20H20Br2N4O6/c1-3-31-15-7-11(5-13(21)17(15)27)9-23-25-19(29)20(30)26-24-10-12-6-14(22)18(28)16(8-12)32-4-2/h5-10,27-28H,3-4H2,1-2H3,(H,25,29)(H,26,30). The lowest BCUT2D eigenvalue weighted by atomic mass is 10.2. The van der Waals surface area contributed by atoms with Crippen LogP contribution in [0, 0.1) is 0 Å². The molecule has 0 aliphatic heterocycles. The van der Waals surface area contributed by atoms with Crippen molar-refractivity contribution in [3.8, 4) is 23.0 Å². The lowest BCUT2D eigenvalue weighted by Crippen LogP contribution is -2.35. The first kappa shape index (κ1) is 25.1. The summed E-state index contributed by atoms with van der Waals surface area (Å²) in [7, 11) is 0. The van der Waals surface area contributed by atoms with Crippen LogP contribution in [0.1, 0.15) is 25.0 Å². The van der Waals surface area contributed by atoms with E-state index in [4.69, 9.17) is 9.47 Å². The first-order valence-electron chi connectivity index (χ1n) is 9.23. The van der Waals surface area contributed by atoms with Crippen LogP contribution < -0.4 is 20.3 Å². The minimum absolute atomic E-state index is 0.0562. The maximum Gasteiger partial charge on any atom is 0.331 e. The van der Waals surface area contributed by atoms with Crippen molar-refractivity contribution >= 4 is 56.1 Å². The predicted octanol–water partition coefficient (Wildman–Crippen LogP) is 3.02. The van der Waals surface area contributed by atoms with Gasteiger partial charge in [0, 0.05) is 0 Å². The third kappa shape index (κ3) is 6.95. The van der Waals surface area contributed by atoms with E-state index in [-0.39, 0.29) is 23.0 Å². The number of carbonyl (C=O) groups excluding carboxylic acids is 2. The maximum atomic E-state index is 11.9. The van der Waals surface area contributed by atoms with Gasteiger partial charge in [-0.2, -0.15) is 10.2 Å². The smallest absolute Gasteiger partial charge is 0.331 e. The van der Waals surface area contributed by atoms with Gasteiger partial charge in [-0.25, -0.2) is 10.9 Å². The number of rotatable bonds is 8. The van der Waals surface area contributed by atoms with E-state index in [0.29, 0.717) is 33.3 Å². The van der Waals surface area contributed by atoms with Gasteiger partial charge in [-0.1, -0.05) is 0 Å². The highest BCUT2D eigenvalue weighted by atomic mass is 79.9. The van der Waals surface area contributed by atoms with Crippen molar-refractivity contribution in [3.63, 3.8) is 0 Å². The fraction of sp³-hybridized carbons (Fsp3) is 0.200. The number of nitrogens with one attached hydrogen (secondary N) is 2. The van der Waals surface area contributed by atoms with Crippen LogP contribution in [0.15, 0.2) is 43.4 Å². The monoisotopic (exact) mass is 570 g/mol. The first-order chi connectivity index (χ1) is 15.3. The Balaban J connectivity index is 1.96. The van der Waals surface area contributed by atoms with Crippen molar-refractivity contribution in [2.24, 2.45) is 10.2 Å². The number of hydrogen-bond donors (Lipinski definition) is 4. The molecule has 12 heteroatoms. The second-order valence-electron chi connectivity index (χ2n) is 5.96. The normalized spacial score (nSPS) is 11.0. The molecule has 32 heavy (non-hydrogen) atoms. The lowest BCUT2D eigenvalue weighted by Gasteiger charge is -2.08. The number of hydrogen-bond acceptors (Lipinski definition) is 8. The van der Waals surface area contributed by atoms with Gasteiger partial charge in [0.1, 0.15) is 0 Å². The molecule has 0 saturated carbocycles. The number of benzene rings is 2. The van der Waals surface area contributed by atoms with E-state index >= 15 is 0 Å². The van der Waals surface area contributed by atoms with Crippen molar-refractivity contribution in [2.75, 3.05) is 13.2 Å². The average Bonchev–Trinajstić information content (AvgIpc) is 2.75. The van der Waals surface area contributed by atoms with Crippen LogP contribution in [0.3, 0.4) is 0 Å². The first-order valence-corrected chi connectivity index (χ1v) is 10.8. The number of hydrazone groups is 2. The second-order valence-corrected chi connectivity index (χ2v) is 7.67. The third-order valence-corrected chi connectivity index (χ3v) is 4.88. The molecule has 2 amide bonds. The largest absolute Gasteiger partial charge is 0.503 e. The van der Waals surface area contributed by atoms with Gasteiger partial charge in [-0.3, -0.25) is 9.59 Å². The topological polar surface area (TPSA) is 142 Å². The number of carbonyl (C=O) groups is 2. The molecular weight excluding hydrogens is 552 g/mol. The molecule has 0 saturated heterocycles. The van der Waals surface area contributed by atoms with Gasteiger partial charge in [0.2, 0.25) is 0 Å². The maximum absolute atomic E-state index is 11.9. The highest BCUT2D eigenvalue weighted by Crippen LogP contribution is 2.35. The fourth-order valence-electron chi connectivity index (χ4n) is 2.30. The molecule has 0 aromatic heterocycles. The number of aromatic hydroxyl groups is 2. The van der Waals surface area contributed by atoms with Gasteiger partial charge >= 0.3 is 11.8 Å². The average molecular weight is 572 g/mol. The minimum atomic E-state index is -1.04. The number of ether oxygens (including phenoxy) is 2. The Labute approximate surface area is 200 Å². The van der Waals surface area contributed by atoms with Gasteiger partial charge < -0.3 is 19.7 Å². The molecule has 170 valence electrons. The van der Waals surface area contributed by atoms with Crippen LogP contribution in [-0.4, -0.2) is 47.7 Å². The van der Waals surface area contributed by atoms with Crippen molar-refractivity contribution in [1.29, 1.82) is 0 Å². The van der Waals surface area contributed by atoms with Gasteiger partial charge in [0.15, 0.2) is 23.0 Å².